The summed E-state index contributed by atoms with van der Waals surface area (Å²) in [5.74, 6) is 1.85. The molecule has 0 spiro atoms. The standard InChI is InChI=1S/C40H25BO/c1-3-11-26(12-4-1)30-15-7-8-16-31(30)32-22-20-28-25-35-40-37(24-21-27-19-23-33(32)38(28)39(27)40)42-36-18-10-9-17-34(36)41(35)29-13-5-2-6-14-29/h1-25H. The van der Waals surface area contributed by atoms with E-state index >= 15 is 0 Å². The van der Waals surface area contributed by atoms with Crippen molar-refractivity contribution in [2.75, 3.05) is 0 Å². The van der Waals surface area contributed by atoms with E-state index in [0.717, 1.165) is 11.5 Å². The molecule has 0 N–H and O–H groups in total. The molecule has 1 nitrogen and oxygen atoms in total. The van der Waals surface area contributed by atoms with Gasteiger partial charge in [0, 0.05) is 10.8 Å². The van der Waals surface area contributed by atoms with Gasteiger partial charge >= 0.3 is 0 Å². The van der Waals surface area contributed by atoms with Gasteiger partial charge in [-0.05, 0) is 61.4 Å². The Morgan fingerprint density at radius 1 is 0.405 bits per heavy atom. The van der Waals surface area contributed by atoms with Crippen molar-refractivity contribution in [3.8, 4) is 33.8 Å². The summed E-state index contributed by atoms with van der Waals surface area (Å²) in [4.78, 5) is 0. The molecule has 0 bridgehead atoms. The molecule has 8 aromatic rings. The summed E-state index contributed by atoms with van der Waals surface area (Å²) in [6.45, 7) is 0.0659. The molecule has 1 heterocycles. The van der Waals surface area contributed by atoms with Gasteiger partial charge in [-0.2, -0.15) is 0 Å². The highest BCUT2D eigenvalue weighted by atomic mass is 16.5. The summed E-state index contributed by atoms with van der Waals surface area (Å²) in [5.41, 5.74) is 8.74. The summed E-state index contributed by atoms with van der Waals surface area (Å²) < 4.78 is 6.76. The Balaban J connectivity index is 1.39. The molecule has 9 rings (SSSR count). The average Bonchev–Trinajstić information content (AvgIpc) is 3.20. The van der Waals surface area contributed by atoms with Crippen LogP contribution < -0.4 is 21.1 Å². The number of rotatable bonds is 3. The minimum absolute atomic E-state index is 0.0659. The van der Waals surface area contributed by atoms with Gasteiger partial charge < -0.3 is 4.74 Å². The van der Waals surface area contributed by atoms with Crippen molar-refractivity contribution in [1.82, 2.24) is 0 Å². The third-order valence-electron chi connectivity index (χ3n) is 8.95. The molecule has 8 aromatic carbocycles. The Bertz CT molecular complexity index is 2270. The van der Waals surface area contributed by atoms with E-state index in [1.807, 2.05) is 0 Å². The van der Waals surface area contributed by atoms with Crippen LogP contribution in [0.3, 0.4) is 0 Å². The SMILES string of the molecule is c1ccc(B2c3ccccc3Oc3ccc4ccc5c(-c6ccccc6-c6ccccc6)ccc6cc2c3c4c65)cc1. The normalized spacial score (nSPS) is 12.4. The lowest BCUT2D eigenvalue weighted by Gasteiger charge is -2.21. The van der Waals surface area contributed by atoms with Crippen molar-refractivity contribution >= 4 is 55.4 Å². The van der Waals surface area contributed by atoms with Crippen LogP contribution in [0, 0.1) is 0 Å². The first kappa shape index (κ1) is 23.4. The van der Waals surface area contributed by atoms with Crippen LogP contribution in [0.1, 0.15) is 0 Å². The van der Waals surface area contributed by atoms with Gasteiger partial charge in [0.05, 0.1) is 0 Å². The minimum atomic E-state index is 0.0659. The van der Waals surface area contributed by atoms with E-state index in [9.17, 15) is 0 Å². The minimum Gasteiger partial charge on any atom is -0.457 e. The van der Waals surface area contributed by atoms with Crippen LogP contribution in [-0.2, 0) is 0 Å². The summed E-state index contributed by atoms with van der Waals surface area (Å²) in [7, 11) is 0. The topological polar surface area (TPSA) is 9.23 Å². The van der Waals surface area contributed by atoms with Gasteiger partial charge in [0.15, 0.2) is 0 Å². The molecule has 1 aliphatic rings. The van der Waals surface area contributed by atoms with E-state index in [2.05, 4.69) is 152 Å². The average molecular weight is 532 g/mol. The number of ether oxygens (including phenoxy) is 1. The molecule has 0 amide bonds. The molecule has 42 heavy (non-hydrogen) atoms. The number of fused-ring (bicyclic) bond motifs is 1. The summed E-state index contributed by atoms with van der Waals surface area (Å²) in [6.07, 6.45) is 0. The molecule has 0 unspecified atom stereocenters. The third-order valence-corrected chi connectivity index (χ3v) is 8.95. The zero-order valence-electron chi connectivity index (χ0n) is 22.9. The van der Waals surface area contributed by atoms with E-state index in [0.29, 0.717) is 0 Å². The van der Waals surface area contributed by atoms with Crippen LogP contribution in [0.4, 0.5) is 0 Å². The van der Waals surface area contributed by atoms with E-state index in [1.165, 1.54) is 71.0 Å². The second-order valence-electron chi connectivity index (χ2n) is 11.2. The van der Waals surface area contributed by atoms with Crippen molar-refractivity contribution in [2.24, 2.45) is 0 Å². The Morgan fingerprint density at radius 3 is 1.95 bits per heavy atom. The molecule has 0 atom stereocenters. The fraction of sp³-hybridized carbons (Fsp3) is 0. The molecule has 1 aliphatic heterocycles. The first-order valence-corrected chi connectivity index (χ1v) is 14.6. The largest absolute Gasteiger partial charge is 0.457 e. The van der Waals surface area contributed by atoms with Crippen molar-refractivity contribution in [2.45, 2.75) is 0 Å². The van der Waals surface area contributed by atoms with Crippen molar-refractivity contribution in [3.05, 3.63) is 152 Å². The van der Waals surface area contributed by atoms with Crippen molar-refractivity contribution in [3.63, 3.8) is 0 Å². The van der Waals surface area contributed by atoms with E-state index in [4.69, 9.17) is 4.74 Å². The fourth-order valence-electron chi connectivity index (χ4n) is 7.15. The van der Waals surface area contributed by atoms with Crippen LogP contribution in [-0.4, -0.2) is 6.71 Å². The molecule has 0 radical (unpaired) electrons. The fourth-order valence-corrected chi connectivity index (χ4v) is 7.15. The Morgan fingerprint density at radius 2 is 1.10 bits per heavy atom. The first-order valence-electron chi connectivity index (χ1n) is 14.6. The molecule has 0 aromatic heterocycles. The lowest BCUT2D eigenvalue weighted by Crippen LogP contribution is -2.51. The Hall–Kier alpha value is -5.34. The predicted molar refractivity (Wildman–Crippen MR) is 179 cm³/mol. The number of benzene rings is 8. The molecule has 0 aliphatic carbocycles. The van der Waals surface area contributed by atoms with Gasteiger partial charge in [0.2, 0.25) is 6.71 Å². The maximum atomic E-state index is 6.76. The van der Waals surface area contributed by atoms with Crippen molar-refractivity contribution in [1.29, 1.82) is 0 Å². The molecule has 0 fully saturated rings. The first-order chi connectivity index (χ1) is 20.8. The quantitative estimate of drug-likeness (QED) is 0.164. The smallest absolute Gasteiger partial charge is 0.247 e. The van der Waals surface area contributed by atoms with Crippen LogP contribution in [0.15, 0.2) is 152 Å². The number of hydrogen-bond acceptors (Lipinski definition) is 1. The summed E-state index contributed by atoms with van der Waals surface area (Å²) in [5, 5.41) is 7.56. The van der Waals surface area contributed by atoms with Gasteiger partial charge in [-0.25, -0.2) is 0 Å². The summed E-state index contributed by atoms with van der Waals surface area (Å²) >= 11 is 0. The van der Waals surface area contributed by atoms with Gasteiger partial charge in [0.25, 0.3) is 0 Å². The predicted octanol–water partition coefficient (Wildman–Crippen LogP) is 8.54. The second-order valence-corrected chi connectivity index (χ2v) is 11.2. The maximum absolute atomic E-state index is 6.76. The monoisotopic (exact) mass is 532 g/mol. The molecular weight excluding hydrogens is 507 g/mol. The van der Waals surface area contributed by atoms with Crippen LogP contribution >= 0.6 is 0 Å². The number of para-hydroxylation sites is 1. The van der Waals surface area contributed by atoms with Crippen LogP contribution in [0.25, 0.3) is 54.6 Å². The zero-order valence-corrected chi connectivity index (χ0v) is 22.9. The van der Waals surface area contributed by atoms with Crippen molar-refractivity contribution < 1.29 is 4.74 Å². The Kier molecular flexibility index (Phi) is 5.06. The maximum Gasteiger partial charge on any atom is 0.247 e. The molecule has 0 saturated carbocycles. The van der Waals surface area contributed by atoms with Crippen LogP contribution in [0.5, 0.6) is 11.5 Å². The Labute approximate surface area is 245 Å². The molecule has 194 valence electrons. The van der Waals surface area contributed by atoms with Crippen LogP contribution in [0.2, 0.25) is 0 Å². The zero-order chi connectivity index (χ0) is 27.6. The highest BCUT2D eigenvalue weighted by molar-refractivity contribution is 6.97. The van der Waals surface area contributed by atoms with E-state index in [1.54, 1.807) is 0 Å². The van der Waals surface area contributed by atoms with E-state index in [-0.39, 0.29) is 6.71 Å². The molecule has 0 saturated heterocycles. The lowest BCUT2D eigenvalue weighted by molar-refractivity contribution is 0.493. The van der Waals surface area contributed by atoms with Gasteiger partial charge in [-0.15, -0.1) is 0 Å². The lowest BCUT2D eigenvalue weighted by atomic mass is 9.36. The number of hydrogen-bond donors (Lipinski definition) is 0. The molecule has 2 heteroatoms. The van der Waals surface area contributed by atoms with Gasteiger partial charge in [0.1, 0.15) is 11.5 Å². The van der Waals surface area contributed by atoms with Gasteiger partial charge in [-0.1, -0.05) is 150 Å². The highest BCUT2D eigenvalue weighted by Crippen LogP contribution is 2.44. The summed E-state index contributed by atoms with van der Waals surface area (Å²) in [6, 6.07) is 54.9. The van der Waals surface area contributed by atoms with Gasteiger partial charge in [-0.3, -0.25) is 0 Å². The molecular formula is C40H25BO. The third kappa shape index (κ3) is 3.39. The highest BCUT2D eigenvalue weighted by Gasteiger charge is 2.32. The second kappa shape index (κ2) is 9.09. The van der Waals surface area contributed by atoms with E-state index < -0.39 is 0 Å².